The first-order valence-corrected chi connectivity index (χ1v) is 8.00. The SMILES string of the molecule is CCc1cc(N2CCN(c3nc4ccccc4o3)CC2)ncn1. The molecular formula is C17H19N5O. The van der Waals surface area contributed by atoms with Gasteiger partial charge in [0.1, 0.15) is 17.7 Å². The average molecular weight is 309 g/mol. The van der Waals surface area contributed by atoms with Crippen molar-refractivity contribution < 1.29 is 4.42 Å². The number of nitrogens with zero attached hydrogens (tertiary/aromatic N) is 5. The summed E-state index contributed by atoms with van der Waals surface area (Å²) in [6.45, 7) is 5.66. The van der Waals surface area contributed by atoms with E-state index in [1.165, 1.54) is 0 Å². The molecule has 0 aliphatic carbocycles. The Morgan fingerprint density at radius 2 is 1.83 bits per heavy atom. The van der Waals surface area contributed by atoms with Gasteiger partial charge in [-0.15, -0.1) is 0 Å². The van der Waals surface area contributed by atoms with Crippen molar-refractivity contribution in [3.63, 3.8) is 0 Å². The lowest BCUT2D eigenvalue weighted by atomic mass is 10.3. The van der Waals surface area contributed by atoms with Gasteiger partial charge in [-0.2, -0.15) is 4.98 Å². The van der Waals surface area contributed by atoms with Crippen molar-refractivity contribution in [2.75, 3.05) is 36.0 Å². The summed E-state index contributed by atoms with van der Waals surface area (Å²) in [5.41, 5.74) is 2.83. The van der Waals surface area contributed by atoms with Crippen LogP contribution in [-0.4, -0.2) is 41.1 Å². The maximum Gasteiger partial charge on any atom is 0.298 e. The monoisotopic (exact) mass is 309 g/mol. The summed E-state index contributed by atoms with van der Waals surface area (Å²) in [6.07, 6.45) is 2.58. The van der Waals surface area contributed by atoms with E-state index in [1.54, 1.807) is 6.33 Å². The number of oxazole rings is 1. The number of rotatable bonds is 3. The van der Waals surface area contributed by atoms with Gasteiger partial charge < -0.3 is 14.2 Å². The molecule has 0 bridgehead atoms. The molecule has 1 aliphatic heterocycles. The Morgan fingerprint density at radius 3 is 2.61 bits per heavy atom. The van der Waals surface area contributed by atoms with Crippen LogP contribution in [0.5, 0.6) is 0 Å². The standard InChI is InChI=1S/C17H19N5O/c1-2-13-11-16(19-12-18-13)21-7-9-22(10-8-21)17-20-14-5-3-4-6-15(14)23-17/h3-6,11-12H,2,7-10H2,1H3. The van der Waals surface area contributed by atoms with E-state index in [0.29, 0.717) is 6.01 Å². The normalized spacial score (nSPS) is 15.3. The summed E-state index contributed by atoms with van der Waals surface area (Å²) in [4.78, 5) is 17.7. The van der Waals surface area contributed by atoms with Crippen molar-refractivity contribution in [1.82, 2.24) is 15.0 Å². The van der Waals surface area contributed by atoms with Crippen LogP contribution >= 0.6 is 0 Å². The fraction of sp³-hybridized carbons (Fsp3) is 0.353. The van der Waals surface area contributed by atoms with Crippen LogP contribution < -0.4 is 9.80 Å². The minimum absolute atomic E-state index is 0.711. The van der Waals surface area contributed by atoms with Crippen LogP contribution in [0.15, 0.2) is 41.1 Å². The zero-order valence-corrected chi connectivity index (χ0v) is 13.1. The number of benzene rings is 1. The minimum atomic E-state index is 0.711. The molecular weight excluding hydrogens is 290 g/mol. The molecule has 1 aromatic carbocycles. The lowest BCUT2D eigenvalue weighted by Gasteiger charge is -2.34. The predicted molar refractivity (Wildman–Crippen MR) is 89.8 cm³/mol. The number of fused-ring (bicyclic) bond motifs is 1. The third kappa shape index (κ3) is 2.72. The van der Waals surface area contributed by atoms with Gasteiger partial charge in [-0.1, -0.05) is 19.1 Å². The maximum absolute atomic E-state index is 5.86. The number of piperazine rings is 1. The third-order valence-corrected chi connectivity index (χ3v) is 4.23. The first-order valence-electron chi connectivity index (χ1n) is 8.00. The number of aryl methyl sites for hydroxylation is 1. The number of aromatic nitrogens is 3. The Hall–Kier alpha value is -2.63. The second kappa shape index (κ2) is 5.87. The van der Waals surface area contributed by atoms with E-state index in [-0.39, 0.29) is 0 Å². The van der Waals surface area contributed by atoms with Crippen LogP contribution in [0, 0.1) is 0 Å². The van der Waals surface area contributed by atoms with E-state index in [2.05, 4.69) is 37.7 Å². The van der Waals surface area contributed by atoms with E-state index in [0.717, 1.165) is 55.2 Å². The van der Waals surface area contributed by atoms with Gasteiger partial charge in [0.25, 0.3) is 6.01 Å². The van der Waals surface area contributed by atoms with Crippen LogP contribution in [0.1, 0.15) is 12.6 Å². The molecule has 0 saturated carbocycles. The van der Waals surface area contributed by atoms with Gasteiger partial charge in [0.2, 0.25) is 0 Å². The van der Waals surface area contributed by atoms with Crippen LogP contribution in [0.4, 0.5) is 11.8 Å². The first kappa shape index (κ1) is 14.0. The van der Waals surface area contributed by atoms with Gasteiger partial charge in [-0.25, -0.2) is 9.97 Å². The van der Waals surface area contributed by atoms with Crippen LogP contribution in [0.2, 0.25) is 0 Å². The van der Waals surface area contributed by atoms with Gasteiger partial charge >= 0.3 is 0 Å². The van der Waals surface area contributed by atoms with Crippen molar-refractivity contribution in [2.24, 2.45) is 0 Å². The van der Waals surface area contributed by atoms with Gasteiger partial charge in [0, 0.05) is 37.9 Å². The van der Waals surface area contributed by atoms with Crippen LogP contribution in [-0.2, 0) is 6.42 Å². The van der Waals surface area contributed by atoms with Crippen molar-refractivity contribution in [3.05, 3.63) is 42.4 Å². The zero-order valence-electron chi connectivity index (χ0n) is 13.1. The summed E-state index contributed by atoms with van der Waals surface area (Å²) in [5.74, 6) is 1.01. The minimum Gasteiger partial charge on any atom is -0.423 e. The topological polar surface area (TPSA) is 58.3 Å². The van der Waals surface area contributed by atoms with Gasteiger partial charge in [0.15, 0.2) is 5.58 Å². The molecule has 0 atom stereocenters. The Labute approximate surface area is 134 Å². The molecule has 6 nitrogen and oxygen atoms in total. The molecule has 4 rings (SSSR count). The summed E-state index contributed by atoms with van der Waals surface area (Å²) < 4.78 is 5.86. The van der Waals surface area contributed by atoms with Crippen molar-refractivity contribution >= 4 is 22.9 Å². The summed E-state index contributed by atoms with van der Waals surface area (Å²) in [6, 6.07) is 10.7. The van der Waals surface area contributed by atoms with E-state index in [1.807, 2.05) is 24.3 Å². The summed E-state index contributed by atoms with van der Waals surface area (Å²) in [7, 11) is 0. The molecule has 0 radical (unpaired) electrons. The largest absolute Gasteiger partial charge is 0.423 e. The Kier molecular flexibility index (Phi) is 3.57. The van der Waals surface area contributed by atoms with Gasteiger partial charge in [0.05, 0.1) is 0 Å². The molecule has 23 heavy (non-hydrogen) atoms. The van der Waals surface area contributed by atoms with Crippen molar-refractivity contribution in [1.29, 1.82) is 0 Å². The Bertz CT molecular complexity index is 774. The van der Waals surface area contributed by atoms with Gasteiger partial charge in [-0.05, 0) is 18.6 Å². The number of hydrogen-bond acceptors (Lipinski definition) is 6. The number of para-hydroxylation sites is 2. The highest BCUT2D eigenvalue weighted by molar-refractivity contribution is 5.74. The van der Waals surface area contributed by atoms with Gasteiger partial charge in [-0.3, -0.25) is 0 Å². The predicted octanol–water partition coefficient (Wildman–Crippen LogP) is 2.51. The fourth-order valence-electron chi connectivity index (χ4n) is 2.87. The smallest absolute Gasteiger partial charge is 0.298 e. The molecule has 6 heteroatoms. The molecule has 0 unspecified atom stereocenters. The Balaban J connectivity index is 1.48. The molecule has 2 aromatic heterocycles. The van der Waals surface area contributed by atoms with Crippen LogP contribution in [0.25, 0.3) is 11.1 Å². The molecule has 0 amide bonds. The molecule has 118 valence electrons. The van der Waals surface area contributed by atoms with E-state index >= 15 is 0 Å². The van der Waals surface area contributed by atoms with E-state index < -0.39 is 0 Å². The molecule has 3 heterocycles. The zero-order chi connectivity index (χ0) is 15.6. The molecule has 1 saturated heterocycles. The molecule has 1 aliphatic rings. The second-order valence-electron chi connectivity index (χ2n) is 5.66. The number of hydrogen-bond donors (Lipinski definition) is 0. The Morgan fingerprint density at radius 1 is 1.04 bits per heavy atom. The lowest BCUT2D eigenvalue weighted by Crippen LogP contribution is -2.47. The van der Waals surface area contributed by atoms with Crippen molar-refractivity contribution in [3.8, 4) is 0 Å². The first-order chi connectivity index (χ1) is 11.3. The highest BCUT2D eigenvalue weighted by Gasteiger charge is 2.22. The van der Waals surface area contributed by atoms with Crippen LogP contribution in [0.3, 0.4) is 0 Å². The molecule has 3 aromatic rings. The molecule has 0 N–H and O–H groups in total. The van der Waals surface area contributed by atoms with Crippen molar-refractivity contribution in [2.45, 2.75) is 13.3 Å². The number of anilines is 2. The average Bonchev–Trinajstić information content (AvgIpc) is 3.06. The second-order valence-corrected chi connectivity index (χ2v) is 5.66. The highest BCUT2D eigenvalue weighted by Crippen LogP contribution is 2.23. The maximum atomic E-state index is 5.86. The lowest BCUT2D eigenvalue weighted by molar-refractivity contribution is 0.540. The highest BCUT2D eigenvalue weighted by atomic mass is 16.4. The third-order valence-electron chi connectivity index (χ3n) is 4.23. The summed E-state index contributed by atoms with van der Waals surface area (Å²) in [5, 5.41) is 0. The summed E-state index contributed by atoms with van der Waals surface area (Å²) >= 11 is 0. The quantitative estimate of drug-likeness (QED) is 0.741. The fourth-order valence-corrected chi connectivity index (χ4v) is 2.87. The molecule has 0 spiro atoms. The van der Waals surface area contributed by atoms with E-state index in [9.17, 15) is 0 Å². The van der Waals surface area contributed by atoms with E-state index in [4.69, 9.17) is 4.42 Å². The molecule has 1 fully saturated rings.